The first-order valence-electron chi connectivity index (χ1n) is 10.1. The largest absolute Gasteiger partial charge is 0.483 e. The fourth-order valence-corrected chi connectivity index (χ4v) is 3.92. The summed E-state index contributed by atoms with van der Waals surface area (Å²) in [5, 5.41) is 18.9. The molecule has 0 aliphatic carbocycles. The first-order chi connectivity index (χ1) is 15.4. The fourth-order valence-electron chi connectivity index (χ4n) is 3.75. The lowest BCUT2D eigenvalue weighted by molar-refractivity contribution is -0.135. The van der Waals surface area contributed by atoms with Gasteiger partial charge in [0.1, 0.15) is 11.6 Å². The Kier molecular flexibility index (Phi) is 7.45. The second kappa shape index (κ2) is 10.3. The molecule has 1 aliphatic rings. The van der Waals surface area contributed by atoms with E-state index in [1.807, 2.05) is 0 Å². The van der Waals surface area contributed by atoms with Crippen LogP contribution in [0.2, 0.25) is 5.02 Å². The van der Waals surface area contributed by atoms with Crippen LogP contribution < -0.4 is 4.74 Å². The predicted molar refractivity (Wildman–Crippen MR) is 115 cm³/mol. The molecule has 2 aromatic rings. The van der Waals surface area contributed by atoms with Gasteiger partial charge < -0.3 is 9.64 Å². The summed E-state index contributed by atoms with van der Waals surface area (Å²) < 4.78 is 18.7. The van der Waals surface area contributed by atoms with Gasteiger partial charge in [-0.05, 0) is 55.2 Å². The SMILES string of the molecule is N#CCC(=O)c1cc(Cl)ccc1OCC(=O)N1CCC(C#N)(Cc2ccc(F)cc2)CC1. The Morgan fingerprint density at radius 1 is 1.12 bits per heavy atom. The maximum absolute atomic E-state index is 13.1. The molecule has 32 heavy (non-hydrogen) atoms. The molecule has 0 unspecified atom stereocenters. The van der Waals surface area contributed by atoms with Gasteiger partial charge in [-0.2, -0.15) is 10.5 Å². The third-order valence-electron chi connectivity index (χ3n) is 5.60. The van der Waals surface area contributed by atoms with Crippen molar-refractivity contribution < 1.29 is 18.7 Å². The molecule has 1 heterocycles. The lowest BCUT2D eigenvalue weighted by Gasteiger charge is -2.37. The molecule has 1 aliphatic heterocycles. The second-order valence-corrected chi connectivity index (χ2v) is 8.20. The Morgan fingerprint density at radius 2 is 1.81 bits per heavy atom. The highest BCUT2D eigenvalue weighted by molar-refractivity contribution is 6.31. The number of halogens is 2. The number of carbonyl (C=O) groups is 2. The van der Waals surface area contributed by atoms with Crippen molar-refractivity contribution >= 4 is 23.3 Å². The predicted octanol–water partition coefficient (Wildman–Crippen LogP) is 4.33. The van der Waals surface area contributed by atoms with Crippen LogP contribution in [0.3, 0.4) is 0 Å². The van der Waals surface area contributed by atoms with E-state index in [-0.39, 0.29) is 36.1 Å². The topological polar surface area (TPSA) is 94.2 Å². The number of benzene rings is 2. The van der Waals surface area contributed by atoms with Gasteiger partial charge in [0.25, 0.3) is 5.91 Å². The molecule has 0 bridgehead atoms. The molecule has 1 saturated heterocycles. The number of nitriles is 2. The quantitative estimate of drug-likeness (QED) is 0.581. The van der Waals surface area contributed by atoms with Crippen molar-refractivity contribution in [2.24, 2.45) is 5.41 Å². The summed E-state index contributed by atoms with van der Waals surface area (Å²) in [5.74, 6) is -0.817. The zero-order chi connectivity index (χ0) is 23.1. The highest BCUT2D eigenvalue weighted by atomic mass is 35.5. The van der Waals surface area contributed by atoms with Crippen LogP contribution in [0, 0.1) is 33.9 Å². The summed E-state index contributed by atoms with van der Waals surface area (Å²) in [6, 6.07) is 14.8. The zero-order valence-electron chi connectivity index (χ0n) is 17.3. The molecule has 8 heteroatoms. The van der Waals surface area contributed by atoms with E-state index in [1.165, 1.54) is 24.3 Å². The molecule has 0 radical (unpaired) electrons. The number of carbonyl (C=O) groups excluding carboxylic acids is 2. The number of Topliss-reactive ketones (excluding diaryl/α,β-unsaturated/α-hetero) is 1. The Morgan fingerprint density at radius 3 is 2.44 bits per heavy atom. The number of ketones is 1. The lowest BCUT2D eigenvalue weighted by Crippen LogP contribution is -2.45. The molecule has 1 amide bonds. The number of hydrogen-bond acceptors (Lipinski definition) is 5. The van der Waals surface area contributed by atoms with Crippen LogP contribution in [0.25, 0.3) is 0 Å². The van der Waals surface area contributed by atoms with Gasteiger partial charge in [-0.15, -0.1) is 0 Å². The monoisotopic (exact) mass is 453 g/mol. The Bertz CT molecular complexity index is 1080. The number of ether oxygens (including phenoxy) is 1. The van der Waals surface area contributed by atoms with Gasteiger partial charge in [-0.3, -0.25) is 9.59 Å². The highest BCUT2D eigenvalue weighted by Crippen LogP contribution is 2.35. The van der Waals surface area contributed by atoms with Crippen LogP contribution in [0.1, 0.15) is 35.2 Å². The van der Waals surface area contributed by atoms with Crippen molar-refractivity contribution in [3.63, 3.8) is 0 Å². The van der Waals surface area contributed by atoms with Crippen LogP contribution in [0.5, 0.6) is 5.75 Å². The van der Waals surface area contributed by atoms with Gasteiger partial charge in [0.15, 0.2) is 12.4 Å². The van der Waals surface area contributed by atoms with E-state index in [9.17, 15) is 19.2 Å². The number of amides is 1. The maximum atomic E-state index is 13.1. The highest BCUT2D eigenvalue weighted by Gasteiger charge is 2.36. The summed E-state index contributed by atoms with van der Waals surface area (Å²) >= 11 is 5.94. The zero-order valence-corrected chi connectivity index (χ0v) is 18.1. The first kappa shape index (κ1) is 23.2. The van der Waals surface area contributed by atoms with Crippen LogP contribution in [-0.2, 0) is 11.2 Å². The molecule has 6 nitrogen and oxygen atoms in total. The summed E-state index contributed by atoms with van der Waals surface area (Å²) in [6.07, 6.45) is 1.18. The molecule has 0 atom stereocenters. The van der Waals surface area contributed by atoms with Gasteiger partial charge in [0.2, 0.25) is 0 Å². The first-order valence-corrected chi connectivity index (χ1v) is 10.5. The number of piperidine rings is 1. The Labute approximate surface area is 190 Å². The van der Waals surface area contributed by atoms with Crippen molar-refractivity contribution in [3.8, 4) is 17.9 Å². The van der Waals surface area contributed by atoms with Gasteiger partial charge in [-0.25, -0.2) is 4.39 Å². The van der Waals surface area contributed by atoms with E-state index in [0.29, 0.717) is 37.4 Å². The van der Waals surface area contributed by atoms with Crippen LogP contribution in [0.15, 0.2) is 42.5 Å². The number of nitrogens with zero attached hydrogens (tertiary/aromatic N) is 3. The smallest absolute Gasteiger partial charge is 0.260 e. The molecule has 164 valence electrons. The van der Waals surface area contributed by atoms with Crippen LogP contribution >= 0.6 is 11.6 Å². The maximum Gasteiger partial charge on any atom is 0.260 e. The molecule has 0 N–H and O–H groups in total. The van der Waals surface area contributed by atoms with Crippen molar-refractivity contribution in [2.45, 2.75) is 25.7 Å². The summed E-state index contributed by atoms with van der Waals surface area (Å²) in [5.41, 5.74) is 0.435. The van der Waals surface area contributed by atoms with Crippen molar-refractivity contribution in [1.29, 1.82) is 10.5 Å². The minimum absolute atomic E-state index is 0.160. The average molecular weight is 454 g/mol. The number of rotatable bonds is 7. The van der Waals surface area contributed by atoms with Crippen molar-refractivity contribution in [1.82, 2.24) is 4.90 Å². The summed E-state index contributed by atoms with van der Waals surface area (Å²) in [4.78, 5) is 26.4. The minimum Gasteiger partial charge on any atom is -0.483 e. The molecular weight excluding hydrogens is 433 g/mol. The Balaban J connectivity index is 1.59. The van der Waals surface area contributed by atoms with Gasteiger partial charge in [0.05, 0.1) is 29.5 Å². The third kappa shape index (κ3) is 5.63. The molecule has 3 rings (SSSR count). The molecule has 0 saturated carbocycles. The number of hydrogen-bond donors (Lipinski definition) is 0. The van der Waals surface area contributed by atoms with Crippen LogP contribution in [0.4, 0.5) is 4.39 Å². The summed E-state index contributed by atoms with van der Waals surface area (Å²) in [7, 11) is 0. The van der Waals surface area contributed by atoms with E-state index in [2.05, 4.69) is 6.07 Å². The molecule has 2 aromatic carbocycles. The van der Waals surface area contributed by atoms with Crippen LogP contribution in [-0.4, -0.2) is 36.3 Å². The van der Waals surface area contributed by atoms with E-state index in [1.54, 1.807) is 29.2 Å². The normalized spacial score (nSPS) is 14.8. The van der Waals surface area contributed by atoms with E-state index < -0.39 is 11.2 Å². The average Bonchev–Trinajstić information content (AvgIpc) is 2.80. The third-order valence-corrected chi connectivity index (χ3v) is 5.83. The van der Waals surface area contributed by atoms with E-state index >= 15 is 0 Å². The molecule has 0 spiro atoms. The van der Waals surface area contributed by atoms with Gasteiger partial charge in [0, 0.05) is 18.1 Å². The van der Waals surface area contributed by atoms with E-state index in [4.69, 9.17) is 21.6 Å². The second-order valence-electron chi connectivity index (χ2n) is 7.76. The minimum atomic E-state index is -0.609. The van der Waals surface area contributed by atoms with Gasteiger partial charge in [-0.1, -0.05) is 23.7 Å². The van der Waals surface area contributed by atoms with E-state index in [0.717, 1.165) is 5.56 Å². The molecular formula is C24H21ClFN3O3. The Hall–Kier alpha value is -3.42. The van der Waals surface area contributed by atoms with Crippen molar-refractivity contribution in [3.05, 3.63) is 64.4 Å². The summed E-state index contributed by atoms with van der Waals surface area (Å²) in [6.45, 7) is 0.529. The van der Waals surface area contributed by atoms with Gasteiger partial charge >= 0.3 is 0 Å². The fraction of sp³-hybridized carbons (Fsp3) is 0.333. The molecule has 1 fully saturated rings. The molecule has 0 aromatic heterocycles. The number of likely N-dealkylation sites (tertiary alicyclic amines) is 1. The lowest BCUT2D eigenvalue weighted by atomic mass is 9.75. The standard InChI is InChI=1S/C24H21ClFN3O3/c25-18-3-6-22(20(13-18)21(30)7-10-27)32-15-23(31)29-11-8-24(16-28,9-12-29)14-17-1-4-19(26)5-2-17/h1-6,13H,7-9,11-12,14-15H2. The van der Waals surface area contributed by atoms with Crippen molar-refractivity contribution in [2.75, 3.05) is 19.7 Å².